The molecule has 2 aromatic rings. The Balaban J connectivity index is 2.55. The van der Waals surface area contributed by atoms with Crippen LogP contribution in [-0.2, 0) is 0 Å². The summed E-state index contributed by atoms with van der Waals surface area (Å²) in [5.74, 6) is 0.0514. The Morgan fingerprint density at radius 1 is 1.25 bits per heavy atom. The maximum absolute atomic E-state index is 13.0. The minimum atomic E-state index is -0.360. The molecule has 0 aliphatic carbocycles. The van der Waals surface area contributed by atoms with Gasteiger partial charge in [-0.1, -0.05) is 11.6 Å². The van der Waals surface area contributed by atoms with Crippen molar-refractivity contribution < 1.29 is 9.13 Å². The highest BCUT2D eigenvalue weighted by molar-refractivity contribution is 6.29. The third kappa shape index (κ3) is 2.12. The Morgan fingerprint density at radius 3 is 2.75 bits per heavy atom. The second-order valence-electron chi connectivity index (χ2n) is 3.07. The molecule has 0 N–H and O–H groups in total. The molecule has 1 aromatic carbocycles. The van der Waals surface area contributed by atoms with Crippen molar-refractivity contribution in [1.29, 1.82) is 0 Å². The molecule has 0 unspecified atom stereocenters. The number of hydrogen-bond acceptors (Lipinski definition) is 3. The lowest BCUT2D eigenvalue weighted by Crippen LogP contribution is -1.92. The van der Waals surface area contributed by atoms with Gasteiger partial charge >= 0.3 is 0 Å². The van der Waals surface area contributed by atoms with E-state index in [2.05, 4.69) is 9.97 Å². The van der Waals surface area contributed by atoms with E-state index in [4.69, 9.17) is 16.3 Å². The summed E-state index contributed by atoms with van der Waals surface area (Å²) in [5, 5.41) is 0.330. The maximum atomic E-state index is 13.0. The van der Waals surface area contributed by atoms with E-state index in [1.54, 1.807) is 12.1 Å². The molecule has 3 nitrogen and oxygen atoms in total. The van der Waals surface area contributed by atoms with Crippen LogP contribution in [0.3, 0.4) is 0 Å². The number of hydrogen-bond donors (Lipinski definition) is 0. The fraction of sp³-hybridized carbons (Fsp3) is 0.0909. The van der Waals surface area contributed by atoms with E-state index in [0.717, 1.165) is 0 Å². The third-order valence-electron chi connectivity index (χ3n) is 2.07. The fourth-order valence-electron chi connectivity index (χ4n) is 1.36. The summed E-state index contributed by atoms with van der Waals surface area (Å²) in [6.45, 7) is 0. The summed E-state index contributed by atoms with van der Waals surface area (Å²) in [6.07, 6.45) is 1.35. The van der Waals surface area contributed by atoms with Gasteiger partial charge in [0.1, 0.15) is 23.0 Å². The van der Waals surface area contributed by atoms with Gasteiger partial charge in [0, 0.05) is 17.7 Å². The van der Waals surface area contributed by atoms with Gasteiger partial charge in [0.15, 0.2) is 0 Å². The molecule has 1 heterocycles. The van der Waals surface area contributed by atoms with Crippen molar-refractivity contribution in [2.45, 2.75) is 0 Å². The molecule has 16 heavy (non-hydrogen) atoms. The number of benzene rings is 1. The van der Waals surface area contributed by atoms with Crippen LogP contribution in [0.4, 0.5) is 4.39 Å². The predicted molar refractivity (Wildman–Crippen MR) is 59.0 cm³/mol. The van der Waals surface area contributed by atoms with Gasteiger partial charge < -0.3 is 4.74 Å². The molecule has 0 aliphatic heterocycles. The lowest BCUT2D eigenvalue weighted by Gasteiger charge is -2.07. The first-order valence-corrected chi connectivity index (χ1v) is 4.90. The Hall–Kier alpha value is -1.68. The largest absolute Gasteiger partial charge is 0.496 e. The predicted octanol–water partition coefficient (Wildman–Crippen LogP) is 2.94. The second kappa shape index (κ2) is 4.45. The smallest absolute Gasteiger partial charge is 0.133 e. The Kier molecular flexibility index (Phi) is 3.01. The van der Waals surface area contributed by atoms with Crippen molar-refractivity contribution in [2.24, 2.45) is 0 Å². The molecule has 0 amide bonds. The van der Waals surface area contributed by atoms with Crippen LogP contribution < -0.4 is 4.74 Å². The zero-order chi connectivity index (χ0) is 11.5. The topological polar surface area (TPSA) is 35.0 Å². The molecule has 0 radical (unpaired) electrons. The van der Waals surface area contributed by atoms with E-state index in [9.17, 15) is 4.39 Å². The molecule has 0 saturated carbocycles. The monoisotopic (exact) mass is 238 g/mol. The molecule has 0 spiro atoms. The highest BCUT2D eigenvalue weighted by Crippen LogP contribution is 2.29. The maximum Gasteiger partial charge on any atom is 0.133 e. The first-order chi connectivity index (χ1) is 7.70. The zero-order valence-corrected chi connectivity index (χ0v) is 9.20. The van der Waals surface area contributed by atoms with E-state index >= 15 is 0 Å². The lowest BCUT2D eigenvalue weighted by molar-refractivity contribution is 0.413. The zero-order valence-electron chi connectivity index (χ0n) is 8.45. The average Bonchev–Trinajstić information content (AvgIpc) is 2.28. The van der Waals surface area contributed by atoms with E-state index in [-0.39, 0.29) is 5.82 Å². The van der Waals surface area contributed by atoms with Crippen LogP contribution in [0.15, 0.2) is 30.6 Å². The quantitative estimate of drug-likeness (QED) is 0.755. The van der Waals surface area contributed by atoms with Crippen LogP contribution in [0.2, 0.25) is 5.15 Å². The number of methoxy groups -OCH3 is 1. The Bertz CT molecular complexity index is 519. The van der Waals surface area contributed by atoms with Crippen LogP contribution >= 0.6 is 11.6 Å². The summed E-state index contributed by atoms with van der Waals surface area (Å²) >= 11 is 5.76. The molecule has 5 heteroatoms. The van der Waals surface area contributed by atoms with Gasteiger partial charge in [0.2, 0.25) is 0 Å². The van der Waals surface area contributed by atoms with E-state index in [1.807, 2.05) is 0 Å². The number of aromatic nitrogens is 2. The summed E-state index contributed by atoms with van der Waals surface area (Å²) in [6, 6.07) is 5.82. The number of nitrogens with zero attached hydrogens (tertiary/aromatic N) is 2. The van der Waals surface area contributed by atoms with Gasteiger partial charge in [-0.2, -0.15) is 0 Å². The molecule has 82 valence electrons. The van der Waals surface area contributed by atoms with Crippen molar-refractivity contribution in [3.8, 4) is 17.0 Å². The van der Waals surface area contributed by atoms with Crippen molar-refractivity contribution in [3.05, 3.63) is 41.6 Å². The molecule has 0 saturated heterocycles. The molecular formula is C11H8ClFN2O. The number of halogens is 2. The molecule has 1 aromatic heterocycles. The van der Waals surface area contributed by atoms with Crippen LogP contribution in [0, 0.1) is 5.82 Å². The van der Waals surface area contributed by atoms with Gasteiger partial charge in [-0.15, -0.1) is 0 Å². The molecular weight excluding hydrogens is 231 g/mol. The molecule has 0 aliphatic rings. The van der Waals surface area contributed by atoms with E-state index < -0.39 is 0 Å². The van der Waals surface area contributed by atoms with Gasteiger partial charge in [0.05, 0.1) is 12.8 Å². The molecule has 0 fully saturated rings. The minimum Gasteiger partial charge on any atom is -0.496 e. The van der Waals surface area contributed by atoms with Gasteiger partial charge in [-0.25, -0.2) is 14.4 Å². The number of ether oxygens (including phenoxy) is 1. The third-order valence-corrected chi connectivity index (χ3v) is 2.28. The van der Waals surface area contributed by atoms with Gasteiger partial charge in [-0.3, -0.25) is 0 Å². The summed E-state index contributed by atoms with van der Waals surface area (Å²) in [5.41, 5.74) is 1.27. The molecule has 0 bridgehead atoms. The summed E-state index contributed by atoms with van der Waals surface area (Å²) in [4.78, 5) is 7.83. The lowest BCUT2D eigenvalue weighted by atomic mass is 10.1. The van der Waals surface area contributed by atoms with Crippen LogP contribution in [0.25, 0.3) is 11.3 Å². The molecule has 0 atom stereocenters. The fourth-order valence-corrected chi connectivity index (χ4v) is 1.50. The van der Waals surface area contributed by atoms with Crippen molar-refractivity contribution >= 4 is 11.6 Å². The Morgan fingerprint density at radius 2 is 2.06 bits per heavy atom. The van der Waals surface area contributed by atoms with E-state index in [0.29, 0.717) is 22.2 Å². The summed E-state index contributed by atoms with van der Waals surface area (Å²) < 4.78 is 18.1. The van der Waals surface area contributed by atoms with Crippen LogP contribution in [-0.4, -0.2) is 17.1 Å². The highest BCUT2D eigenvalue weighted by atomic mass is 35.5. The van der Waals surface area contributed by atoms with E-state index in [1.165, 1.54) is 25.6 Å². The first kappa shape index (κ1) is 10.8. The van der Waals surface area contributed by atoms with Crippen LogP contribution in [0.1, 0.15) is 0 Å². The van der Waals surface area contributed by atoms with Gasteiger partial charge in [-0.05, 0) is 12.1 Å². The minimum absolute atomic E-state index is 0.330. The van der Waals surface area contributed by atoms with Crippen LogP contribution in [0.5, 0.6) is 5.75 Å². The van der Waals surface area contributed by atoms with Crippen molar-refractivity contribution in [2.75, 3.05) is 7.11 Å². The standard InChI is InChI=1S/C11H8ClFN2O/c1-16-10-4-7(13)2-3-8(10)9-5-11(12)15-6-14-9/h2-6H,1H3. The SMILES string of the molecule is COc1cc(F)ccc1-c1cc(Cl)ncn1. The Labute approximate surface area is 96.9 Å². The molecule has 2 rings (SSSR count). The highest BCUT2D eigenvalue weighted by Gasteiger charge is 2.08. The second-order valence-corrected chi connectivity index (χ2v) is 3.46. The average molecular weight is 239 g/mol. The normalized spacial score (nSPS) is 10.2. The first-order valence-electron chi connectivity index (χ1n) is 4.52. The van der Waals surface area contributed by atoms with Gasteiger partial charge in [0.25, 0.3) is 0 Å². The van der Waals surface area contributed by atoms with Crippen molar-refractivity contribution in [1.82, 2.24) is 9.97 Å². The number of rotatable bonds is 2. The van der Waals surface area contributed by atoms with Crippen molar-refractivity contribution in [3.63, 3.8) is 0 Å². The summed E-state index contributed by atoms with van der Waals surface area (Å²) in [7, 11) is 1.47.